The second-order valence-electron chi connectivity index (χ2n) is 8.73. The molecular weight excluding hydrogens is 460 g/mol. The lowest BCUT2D eigenvalue weighted by Crippen LogP contribution is -2.31. The van der Waals surface area contributed by atoms with Crippen LogP contribution in [0.25, 0.3) is 22.1 Å². The molecule has 4 aromatic rings. The van der Waals surface area contributed by atoms with E-state index in [0.29, 0.717) is 34.8 Å². The van der Waals surface area contributed by atoms with Crippen molar-refractivity contribution in [2.75, 3.05) is 6.73 Å². The van der Waals surface area contributed by atoms with Crippen LogP contribution in [0.3, 0.4) is 0 Å². The minimum atomic E-state index is -0.0670. The van der Waals surface area contributed by atoms with E-state index in [9.17, 15) is 4.79 Å². The molecule has 5 nitrogen and oxygen atoms in total. The number of rotatable bonds is 6. The van der Waals surface area contributed by atoms with Gasteiger partial charge < -0.3 is 9.15 Å². The molecule has 0 radical (unpaired) electrons. The summed E-state index contributed by atoms with van der Waals surface area (Å²) in [6, 6.07) is 14.8. The van der Waals surface area contributed by atoms with E-state index in [4.69, 9.17) is 20.8 Å². The maximum Gasteiger partial charge on any atom is 0.200 e. The summed E-state index contributed by atoms with van der Waals surface area (Å²) in [6.45, 7) is 6.31. The van der Waals surface area contributed by atoms with Gasteiger partial charge >= 0.3 is 0 Å². The van der Waals surface area contributed by atoms with E-state index in [1.807, 2.05) is 30.3 Å². The molecule has 0 aliphatic carbocycles. The molecule has 0 fully saturated rings. The van der Waals surface area contributed by atoms with Gasteiger partial charge in [-0.05, 0) is 47.5 Å². The standard InChI is InChI=1S/C23H17ClN2O3.C6H14/c24-17-3-1-16(2-4-17)20-13-28-23-18(22(20)27)5-6-21-19(23)12-26(14-29-21)11-15-7-9-25-10-8-15;1-3-5-6-4-2/h1-10,13H,11-12,14H2;3-6H2,1-2H3. The fourth-order valence-corrected chi connectivity index (χ4v) is 4.26. The van der Waals surface area contributed by atoms with Crippen molar-refractivity contribution in [1.29, 1.82) is 0 Å². The second-order valence-corrected chi connectivity index (χ2v) is 9.16. The van der Waals surface area contributed by atoms with Crippen molar-refractivity contribution in [3.63, 3.8) is 0 Å². The molecule has 0 spiro atoms. The number of fused-ring (bicyclic) bond motifs is 3. The van der Waals surface area contributed by atoms with Crippen LogP contribution in [0.15, 0.2) is 76.4 Å². The van der Waals surface area contributed by atoms with E-state index in [-0.39, 0.29) is 5.43 Å². The van der Waals surface area contributed by atoms with Crippen LogP contribution in [0.1, 0.15) is 50.7 Å². The van der Waals surface area contributed by atoms with Crippen LogP contribution in [0, 0.1) is 0 Å². The highest BCUT2D eigenvalue weighted by Crippen LogP contribution is 2.33. The molecule has 2 aromatic carbocycles. The second kappa shape index (κ2) is 12.0. The zero-order chi connectivity index (χ0) is 24.6. The number of ether oxygens (including phenoxy) is 1. The molecule has 5 rings (SSSR count). The third-order valence-corrected chi connectivity index (χ3v) is 6.31. The summed E-state index contributed by atoms with van der Waals surface area (Å²) in [4.78, 5) is 19.3. The van der Waals surface area contributed by atoms with Crippen LogP contribution in [0.5, 0.6) is 5.75 Å². The predicted octanol–water partition coefficient (Wildman–Crippen LogP) is 7.45. The molecule has 35 heavy (non-hydrogen) atoms. The van der Waals surface area contributed by atoms with Crippen LogP contribution < -0.4 is 10.2 Å². The molecule has 1 aliphatic rings. The van der Waals surface area contributed by atoms with Gasteiger partial charge in [0.25, 0.3) is 0 Å². The number of nitrogens with zero attached hydrogens (tertiary/aromatic N) is 2. The van der Waals surface area contributed by atoms with E-state index >= 15 is 0 Å². The van der Waals surface area contributed by atoms with Crippen molar-refractivity contribution < 1.29 is 9.15 Å². The average molecular weight is 491 g/mol. The summed E-state index contributed by atoms with van der Waals surface area (Å²) >= 11 is 5.96. The van der Waals surface area contributed by atoms with Crippen molar-refractivity contribution in [2.45, 2.75) is 52.6 Å². The summed E-state index contributed by atoms with van der Waals surface area (Å²) in [6.07, 6.45) is 10.6. The first kappa shape index (κ1) is 25.0. The van der Waals surface area contributed by atoms with Crippen LogP contribution in [0.2, 0.25) is 5.02 Å². The summed E-state index contributed by atoms with van der Waals surface area (Å²) in [5, 5.41) is 1.17. The van der Waals surface area contributed by atoms with Crippen LogP contribution in [-0.2, 0) is 13.1 Å². The molecule has 2 aromatic heterocycles. The largest absolute Gasteiger partial charge is 0.478 e. The summed E-state index contributed by atoms with van der Waals surface area (Å²) in [5.41, 5.74) is 3.84. The Bertz CT molecular complexity index is 1300. The highest BCUT2D eigenvalue weighted by atomic mass is 35.5. The van der Waals surface area contributed by atoms with E-state index in [1.165, 1.54) is 31.9 Å². The van der Waals surface area contributed by atoms with Gasteiger partial charge in [0.2, 0.25) is 5.43 Å². The molecule has 0 saturated heterocycles. The van der Waals surface area contributed by atoms with Gasteiger partial charge in [0.1, 0.15) is 24.3 Å². The molecule has 182 valence electrons. The third-order valence-electron chi connectivity index (χ3n) is 6.05. The van der Waals surface area contributed by atoms with Crippen molar-refractivity contribution >= 4 is 22.6 Å². The molecule has 0 amide bonds. The molecule has 6 heteroatoms. The topological polar surface area (TPSA) is 55.6 Å². The Labute approximate surface area is 211 Å². The van der Waals surface area contributed by atoms with Gasteiger partial charge in [-0.3, -0.25) is 14.7 Å². The lowest BCUT2D eigenvalue weighted by molar-refractivity contribution is 0.0890. The van der Waals surface area contributed by atoms with Crippen molar-refractivity contribution in [2.24, 2.45) is 0 Å². The van der Waals surface area contributed by atoms with Gasteiger partial charge in [-0.15, -0.1) is 0 Å². The molecule has 0 unspecified atom stereocenters. The normalized spacial score (nSPS) is 13.0. The smallest absolute Gasteiger partial charge is 0.200 e. The van der Waals surface area contributed by atoms with Crippen LogP contribution in [-0.4, -0.2) is 16.6 Å². The Kier molecular flexibility index (Phi) is 8.56. The minimum absolute atomic E-state index is 0.0670. The maximum atomic E-state index is 13.1. The van der Waals surface area contributed by atoms with Crippen molar-refractivity contribution in [3.05, 3.63) is 93.6 Å². The van der Waals surface area contributed by atoms with E-state index in [1.54, 1.807) is 30.6 Å². The molecule has 0 saturated carbocycles. The Balaban J connectivity index is 0.000000431. The zero-order valence-corrected chi connectivity index (χ0v) is 21.1. The molecule has 0 bridgehead atoms. The van der Waals surface area contributed by atoms with E-state index < -0.39 is 0 Å². The quantitative estimate of drug-likeness (QED) is 0.263. The molecule has 0 atom stereocenters. The fourth-order valence-electron chi connectivity index (χ4n) is 4.13. The highest BCUT2D eigenvalue weighted by molar-refractivity contribution is 6.30. The first-order valence-electron chi connectivity index (χ1n) is 12.2. The predicted molar refractivity (Wildman–Crippen MR) is 142 cm³/mol. The molecule has 0 N–H and O–H groups in total. The SMILES string of the molecule is CCCCCC.O=c1c(-c2ccc(Cl)cc2)coc2c3c(ccc12)OCN(Cc1ccncc1)C3. The minimum Gasteiger partial charge on any atom is -0.478 e. The van der Waals surface area contributed by atoms with Crippen LogP contribution >= 0.6 is 11.6 Å². The number of halogens is 1. The number of aromatic nitrogens is 1. The summed E-state index contributed by atoms with van der Waals surface area (Å²) < 4.78 is 11.9. The number of unbranched alkanes of at least 4 members (excludes halogenated alkanes) is 3. The highest BCUT2D eigenvalue weighted by Gasteiger charge is 2.23. The maximum absolute atomic E-state index is 13.1. The monoisotopic (exact) mass is 490 g/mol. The Morgan fingerprint density at radius 1 is 0.971 bits per heavy atom. The lowest BCUT2D eigenvalue weighted by atomic mass is 10.0. The number of benzene rings is 2. The first-order valence-corrected chi connectivity index (χ1v) is 12.6. The zero-order valence-electron chi connectivity index (χ0n) is 20.3. The van der Waals surface area contributed by atoms with Gasteiger partial charge in [-0.2, -0.15) is 0 Å². The van der Waals surface area contributed by atoms with Crippen molar-refractivity contribution in [1.82, 2.24) is 9.88 Å². The van der Waals surface area contributed by atoms with Crippen LogP contribution in [0.4, 0.5) is 0 Å². The summed E-state index contributed by atoms with van der Waals surface area (Å²) in [7, 11) is 0. The number of pyridine rings is 1. The fraction of sp³-hybridized carbons (Fsp3) is 0.310. The van der Waals surface area contributed by atoms with Crippen molar-refractivity contribution in [3.8, 4) is 16.9 Å². The Hall–Kier alpha value is -3.15. The van der Waals surface area contributed by atoms with Gasteiger partial charge in [0.15, 0.2) is 0 Å². The Morgan fingerprint density at radius 3 is 2.37 bits per heavy atom. The summed E-state index contributed by atoms with van der Waals surface area (Å²) in [5.74, 6) is 0.755. The molecule has 1 aliphatic heterocycles. The molecular formula is C29H31ClN2O3. The van der Waals surface area contributed by atoms with Gasteiger partial charge in [0.05, 0.1) is 16.5 Å². The van der Waals surface area contributed by atoms with E-state index in [0.717, 1.165) is 29.0 Å². The average Bonchev–Trinajstić information content (AvgIpc) is 2.89. The lowest BCUT2D eigenvalue weighted by Gasteiger charge is -2.29. The number of hydrogen-bond donors (Lipinski definition) is 0. The third kappa shape index (κ3) is 6.11. The van der Waals surface area contributed by atoms with Gasteiger partial charge in [0, 0.05) is 30.5 Å². The molecule has 3 heterocycles. The first-order chi connectivity index (χ1) is 17.1. The van der Waals surface area contributed by atoms with Gasteiger partial charge in [-0.25, -0.2) is 0 Å². The Morgan fingerprint density at radius 2 is 1.69 bits per heavy atom. The van der Waals surface area contributed by atoms with E-state index in [2.05, 4.69) is 23.7 Å². The number of hydrogen-bond acceptors (Lipinski definition) is 5. The van der Waals surface area contributed by atoms with Gasteiger partial charge in [-0.1, -0.05) is 63.3 Å².